The van der Waals surface area contributed by atoms with Gasteiger partial charge >= 0.3 is 0 Å². The zero-order valence-corrected chi connectivity index (χ0v) is 14.6. The van der Waals surface area contributed by atoms with Crippen LogP contribution in [0.1, 0.15) is 16.2 Å². The van der Waals surface area contributed by atoms with Gasteiger partial charge in [0.05, 0.1) is 24.2 Å². The smallest absolute Gasteiger partial charge is 0.253 e. The van der Waals surface area contributed by atoms with Gasteiger partial charge in [-0.05, 0) is 42.5 Å². The van der Waals surface area contributed by atoms with E-state index in [-0.39, 0.29) is 23.4 Å². The third kappa shape index (κ3) is 4.10. The Morgan fingerprint density at radius 2 is 1.96 bits per heavy atom. The highest BCUT2D eigenvalue weighted by Crippen LogP contribution is 2.21. The lowest BCUT2D eigenvalue weighted by Crippen LogP contribution is -2.23. The molecule has 25 heavy (non-hydrogen) atoms. The summed E-state index contributed by atoms with van der Waals surface area (Å²) in [6.45, 7) is 0.0843. The molecule has 128 valence electrons. The van der Waals surface area contributed by atoms with E-state index in [0.29, 0.717) is 16.4 Å². The van der Waals surface area contributed by atoms with E-state index in [1.165, 1.54) is 6.07 Å². The number of carbonyl (C=O) groups is 1. The highest BCUT2D eigenvalue weighted by atomic mass is 35.5. The summed E-state index contributed by atoms with van der Waals surface area (Å²) in [6.07, 6.45) is 0. The van der Waals surface area contributed by atoms with Gasteiger partial charge in [0.15, 0.2) is 0 Å². The topological polar surface area (TPSA) is 77.3 Å². The fourth-order valence-corrected chi connectivity index (χ4v) is 2.60. The van der Waals surface area contributed by atoms with Crippen molar-refractivity contribution >= 4 is 29.1 Å². The molecule has 0 unspecified atom stereocenters. The fourth-order valence-electron chi connectivity index (χ4n) is 2.11. The molecule has 0 atom stereocenters. The SMILES string of the molecule is COc1ccc(-c2noc(CNC(=O)c3ccc(Cl)cc3Cl)n2)cc1. The molecule has 0 bridgehead atoms. The van der Waals surface area contributed by atoms with Crippen molar-refractivity contribution in [2.45, 2.75) is 6.54 Å². The Morgan fingerprint density at radius 3 is 2.64 bits per heavy atom. The van der Waals surface area contributed by atoms with E-state index >= 15 is 0 Å². The number of halogens is 2. The molecular formula is C17H13Cl2N3O3. The summed E-state index contributed by atoms with van der Waals surface area (Å²) in [6, 6.07) is 11.9. The van der Waals surface area contributed by atoms with Gasteiger partial charge in [0, 0.05) is 10.6 Å². The van der Waals surface area contributed by atoms with Gasteiger partial charge < -0.3 is 14.6 Å². The molecule has 1 aromatic heterocycles. The zero-order valence-electron chi connectivity index (χ0n) is 13.1. The largest absolute Gasteiger partial charge is 0.497 e. The first-order valence-corrected chi connectivity index (χ1v) is 8.02. The number of amides is 1. The first kappa shape index (κ1) is 17.3. The third-order valence-electron chi connectivity index (χ3n) is 3.39. The first-order chi connectivity index (χ1) is 12.1. The summed E-state index contributed by atoms with van der Waals surface area (Å²) in [4.78, 5) is 16.4. The van der Waals surface area contributed by atoms with Gasteiger partial charge in [0.1, 0.15) is 5.75 Å². The lowest BCUT2D eigenvalue weighted by atomic mass is 10.2. The van der Waals surface area contributed by atoms with Crippen LogP contribution in [0.3, 0.4) is 0 Å². The lowest BCUT2D eigenvalue weighted by Gasteiger charge is -2.04. The molecule has 6 nitrogen and oxygen atoms in total. The molecule has 0 saturated heterocycles. The minimum Gasteiger partial charge on any atom is -0.497 e. The molecule has 2 aromatic carbocycles. The lowest BCUT2D eigenvalue weighted by molar-refractivity contribution is 0.0946. The van der Waals surface area contributed by atoms with Crippen LogP contribution >= 0.6 is 23.2 Å². The quantitative estimate of drug-likeness (QED) is 0.727. The standard InChI is InChI=1S/C17H13Cl2N3O3/c1-24-12-5-2-10(3-6-12)16-21-15(25-22-16)9-20-17(23)13-7-4-11(18)8-14(13)19/h2-8H,9H2,1H3,(H,20,23). The average Bonchev–Trinajstić information content (AvgIpc) is 3.09. The summed E-state index contributed by atoms with van der Waals surface area (Å²) >= 11 is 11.8. The molecular weight excluding hydrogens is 365 g/mol. The number of benzene rings is 2. The fraction of sp³-hybridized carbons (Fsp3) is 0.118. The Hall–Kier alpha value is -2.57. The van der Waals surface area contributed by atoms with Crippen molar-refractivity contribution in [2.75, 3.05) is 7.11 Å². The molecule has 3 aromatic rings. The van der Waals surface area contributed by atoms with Gasteiger partial charge in [-0.3, -0.25) is 4.79 Å². The summed E-state index contributed by atoms with van der Waals surface area (Å²) < 4.78 is 10.3. The van der Waals surface area contributed by atoms with Crippen LogP contribution in [0.25, 0.3) is 11.4 Å². The monoisotopic (exact) mass is 377 g/mol. The molecule has 8 heteroatoms. The van der Waals surface area contributed by atoms with Gasteiger partial charge in [-0.15, -0.1) is 0 Å². The van der Waals surface area contributed by atoms with E-state index < -0.39 is 0 Å². The van der Waals surface area contributed by atoms with Crippen LogP contribution in [0.4, 0.5) is 0 Å². The summed E-state index contributed by atoms with van der Waals surface area (Å²) in [5.74, 6) is 1.09. The number of hydrogen-bond acceptors (Lipinski definition) is 5. The van der Waals surface area contributed by atoms with E-state index in [2.05, 4.69) is 15.5 Å². The maximum absolute atomic E-state index is 12.2. The molecule has 0 aliphatic rings. The summed E-state index contributed by atoms with van der Waals surface area (Å²) in [7, 11) is 1.59. The van der Waals surface area contributed by atoms with Crippen LogP contribution in [0.15, 0.2) is 47.0 Å². The predicted octanol–water partition coefficient (Wildman–Crippen LogP) is 3.98. The molecule has 0 fully saturated rings. The van der Waals surface area contributed by atoms with Gasteiger partial charge in [-0.1, -0.05) is 28.4 Å². The number of carbonyl (C=O) groups excluding carboxylic acids is 1. The Labute approximate surface area is 153 Å². The Balaban J connectivity index is 1.66. The van der Waals surface area contributed by atoms with Crippen molar-refractivity contribution in [2.24, 2.45) is 0 Å². The van der Waals surface area contributed by atoms with Crippen LogP contribution < -0.4 is 10.1 Å². The van der Waals surface area contributed by atoms with E-state index in [0.717, 1.165) is 11.3 Å². The van der Waals surface area contributed by atoms with E-state index in [9.17, 15) is 4.79 Å². The second-order valence-electron chi connectivity index (χ2n) is 5.05. The normalized spacial score (nSPS) is 10.5. The van der Waals surface area contributed by atoms with Crippen molar-refractivity contribution in [3.05, 3.63) is 64.0 Å². The minimum absolute atomic E-state index is 0.0843. The highest BCUT2D eigenvalue weighted by Gasteiger charge is 2.13. The maximum Gasteiger partial charge on any atom is 0.253 e. The Bertz CT molecular complexity index is 894. The third-order valence-corrected chi connectivity index (χ3v) is 3.94. The van der Waals surface area contributed by atoms with Crippen molar-refractivity contribution in [1.82, 2.24) is 15.5 Å². The van der Waals surface area contributed by atoms with E-state index in [4.69, 9.17) is 32.5 Å². The second-order valence-corrected chi connectivity index (χ2v) is 5.89. The number of ether oxygens (including phenoxy) is 1. The molecule has 1 amide bonds. The maximum atomic E-state index is 12.2. The van der Waals surface area contributed by atoms with Gasteiger partial charge in [0.25, 0.3) is 5.91 Å². The number of aromatic nitrogens is 2. The number of rotatable bonds is 5. The second kappa shape index (κ2) is 7.55. The summed E-state index contributed by atoms with van der Waals surface area (Å²) in [5.41, 5.74) is 1.10. The molecule has 0 spiro atoms. The summed E-state index contributed by atoms with van der Waals surface area (Å²) in [5, 5.41) is 7.31. The molecule has 0 saturated carbocycles. The van der Waals surface area contributed by atoms with Crippen LogP contribution in [0.5, 0.6) is 5.75 Å². The average molecular weight is 378 g/mol. The zero-order chi connectivity index (χ0) is 17.8. The molecule has 0 aliphatic carbocycles. The van der Waals surface area contributed by atoms with Gasteiger partial charge in [-0.25, -0.2) is 0 Å². The Morgan fingerprint density at radius 1 is 1.20 bits per heavy atom. The molecule has 1 heterocycles. The highest BCUT2D eigenvalue weighted by molar-refractivity contribution is 6.36. The van der Waals surface area contributed by atoms with Gasteiger partial charge in [0.2, 0.25) is 11.7 Å². The minimum atomic E-state index is -0.356. The molecule has 1 N–H and O–H groups in total. The van der Waals surface area contributed by atoms with Crippen molar-refractivity contribution < 1.29 is 14.1 Å². The number of methoxy groups -OCH3 is 1. The number of hydrogen-bond donors (Lipinski definition) is 1. The van der Waals surface area contributed by atoms with Crippen molar-refractivity contribution in [3.63, 3.8) is 0 Å². The molecule has 0 aliphatic heterocycles. The predicted molar refractivity (Wildman–Crippen MR) is 93.9 cm³/mol. The van der Waals surface area contributed by atoms with Crippen LogP contribution in [-0.4, -0.2) is 23.2 Å². The van der Waals surface area contributed by atoms with Gasteiger partial charge in [-0.2, -0.15) is 4.98 Å². The number of nitrogens with zero attached hydrogens (tertiary/aromatic N) is 2. The van der Waals surface area contributed by atoms with Crippen LogP contribution in [0, 0.1) is 0 Å². The first-order valence-electron chi connectivity index (χ1n) is 7.27. The van der Waals surface area contributed by atoms with Crippen molar-refractivity contribution in [1.29, 1.82) is 0 Å². The molecule has 3 rings (SSSR count). The number of nitrogens with one attached hydrogen (secondary N) is 1. The van der Waals surface area contributed by atoms with E-state index in [1.807, 2.05) is 12.1 Å². The van der Waals surface area contributed by atoms with E-state index in [1.54, 1.807) is 31.4 Å². The van der Waals surface area contributed by atoms with Crippen LogP contribution in [0.2, 0.25) is 10.0 Å². The van der Waals surface area contributed by atoms with Crippen LogP contribution in [-0.2, 0) is 6.54 Å². The van der Waals surface area contributed by atoms with Crippen molar-refractivity contribution in [3.8, 4) is 17.1 Å². The molecule has 0 radical (unpaired) electrons. The Kier molecular flexibility index (Phi) is 5.21.